The molecule has 1 aliphatic rings. The molecule has 3 aromatic carbocycles. The molecule has 0 heterocycles. The Morgan fingerprint density at radius 2 is 1.31 bits per heavy atom. The van der Waals surface area contributed by atoms with Crippen molar-refractivity contribution in [3.8, 4) is 0 Å². The molecule has 1 aliphatic carbocycles. The third-order valence-electron chi connectivity index (χ3n) is 7.18. The van der Waals surface area contributed by atoms with Crippen molar-refractivity contribution in [3.05, 3.63) is 126 Å². The quantitative estimate of drug-likeness (QED) is 0.316. The fourth-order valence-electron chi connectivity index (χ4n) is 5.39. The van der Waals surface area contributed by atoms with Crippen LogP contribution in [0.3, 0.4) is 0 Å². The van der Waals surface area contributed by atoms with Crippen LogP contribution in [-0.2, 0) is 4.79 Å². The molecule has 186 valence electrons. The summed E-state index contributed by atoms with van der Waals surface area (Å²) in [4.78, 5) is 12.1. The van der Waals surface area contributed by atoms with Gasteiger partial charge in [0, 0.05) is 12.3 Å². The minimum atomic E-state index is -1.88. The topological polar surface area (TPSA) is 17.1 Å². The number of allylic oxidation sites excluding steroid dienone is 6. The van der Waals surface area contributed by atoms with Gasteiger partial charge in [-0.3, -0.25) is 4.79 Å². The standard InChI is InChI=1S/C33H36OP.BrH/c1-26(20-21-32-27(2)24-28(34)25-33(32,3)4)22-23-35(29-14-8-5-9-15-29,30-16-10-6-11-17-30)31-18-12-7-13-19-31;/h5-22,24,32H,23,25H2,1-4H3;1H/q+1;/p-1/b21-20+,26-22+;. The van der Waals surface area contributed by atoms with Gasteiger partial charge in [-0.15, -0.1) is 0 Å². The lowest BCUT2D eigenvalue weighted by molar-refractivity contribution is -0.117. The molecule has 36 heavy (non-hydrogen) atoms. The molecule has 0 bridgehead atoms. The molecule has 1 unspecified atom stereocenters. The Hall–Kier alpha value is -2.54. The summed E-state index contributed by atoms with van der Waals surface area (Å²) >= 11 is 0. The normalized spacial score (nSPS) is 18.0. The van der Waals surface area contributed by atoms with Gasteiger partial charge in [-0.2, -0.15) is 0 Å². The molecular formula is C33H36BrOP. The maximum atomic E-state index is 12.1. The third-order valence-corrected chi connectivity index (χ3v) is 11.4. The molecule has 1 nitrogen and oxygen atoms in total. The van der Waals surface area contributed by atoms with Crippen molar-refractivity contribution in [3.63, 3.8) is 0 Å². The van der Waals surface area contributed by atoms with Gasteiger partial charge >= 0.3 is 0 Å². The molecular weight excluding hydrogens is 523 g/mol. The van der Waals surface area contributed by atoms with Crippen LogP contribution in [-0.4, -0.2) is 11.9 Å². The van der Waals surface area contributed by atoms with E-state index in [1.54, 1.807) is 0 Å². The molecule has 0 spiro atoms. The molecule has 0 saturated heterocycles. The van der Waals surface area contributed by atoms with E-state index in [1.807, 2.05) is 6.08 Å². The summed E-state index contributed by atoms with van der Waals surface area (Å²) in [5, 5.41) is 4.20. The lowest BCUT2D eigenvalue weighted by Gasteiger charge is -2.35. The van der Waals surface area contributed by atoms with E-state index >= 15 is 0 Å². The SMILES string of the molecule is CC1=CC(=O)CC(C)(C)C1/C=C/C(C)=C/C[P+](c1ccccc1)(c1ccccc1)c1ccccc1.[Br-]. The summed E-state index contributed by atoms with van der Waals surface area (Å²) in [5.74, 6) is 0.521. The summed E-state index contributed by atoms with van der Waals surface area (Å²) in [6.07, 6.45) is 10.4. The first-order valence-electron chi connectivity index (χ1n) is 12.4. The summed E-state index contributed by atoms with van der Waals surface area (Å²) in [6.45, 7) is 8.69. The monoisotopic (exact) mass is 558 g/mol. The summed E-state index contributed by atoms with van der Waals surface area (Å²) < 4.78 is 0. The fraction of sp³-hybridized carbons (Fsp3) is 0.242. The van der Waals surface area contributed by atoms with Crippen molar-refractivity contribution in [1.82, 2.24) is 0 Å². The van der Waals surface area contributed by atoms with Crippen LogP contribution < -0.4 is 32.9 Å². The van der Waals surface area contributed by atoms with E-state index in [0.717, 1.165) is 11.7 Å². The zero-order valence-electron chi connectivity index (χ0n) is 21.7. The van der Waals surface area contributed by atoms with Crippen LogP contribution in [0.25, 0.3) is 0 Å². The van der Waals surface area contributed by atoms with E-state index in [2.05, 4.69) is 137 Å². The first kappa shape index (κ1) is 28.0. The van der Waals surface area contributed by atoms with E-state index in [1.165, 1.54) is 21.5 Å². The van der Waals surface area contributed by atoms with Gasteiger partial charge < -0.3 is 17.0 Å². The van der Waals surface area contributed by atoms with Gasteiger partial charge in [-0.05, 0) is 67.8 Å². The smallest absolute Gasteiger partial charge is 0.156 e. The molecule has 0 aliphatic heterocycles. The van der Waals surface area contributed by atoms with Gasteiger partial charge in [0.1, 0.15) is 23.2 Å². The highest BCUT2D eigenvalue weighted by molar-refractivity contribution is 7.95. The number of benzene rings is 3. The van der Waals surface area contributed by atoms with E-state index < -0.39 is 7.26 Å². The first-order chi connectivity index (χ1) is 16.8. The second kappa shape index (κ2) is 12.1. The molecule has 1 atom stereocenters. The molecule has 0 N–H and O–H groups in total. The number of halogens is 1. The lowest BCUT2D eigenvalue weighted by Crippen LogP contribution is -3.00. The number of carbonyl (C=O) groups excluding carboxylic acids is 1. The Kier molecular flexibility index (Phi) is 9.45. The number of hydrogen-bond acceptors (Lipinski definition) is 1. The van der Waals surface area contributed by atoms with Crippen molar-refractivity contribution in [2.75, 3.05) is 6.16 Å². The van der Waals surface area contributed by atoms with Crippen LogP contribution in [0.15, 0.2) is 126 Å². The highest BCUT2D eigenvalue weighted by Crippen LogP contribution is 2.55. The van der Waals surface area contributed by atoms with Gasteiger partial charge in [-0.1, -0.05) is 91.7 Å². The molecule has 4 rings (SSSR count). The largest absolute Gasteiger partial charge is 1.00 e. The van der Waals surface area contributed by atoms with E-state index in [0.29, 0.717) is 6.42 Å². The molecule has 0 aromatic heterocycles. The predicted molar refractivity (Wildman–Crippen MR) is 154 cm³/mol. The van der Waals surface area contributed by atoms with Gasteiger partial charge in [0.25, 0.3) is 0 Å². The lowest BCUT2D eigenvalue weighted by atomic mass is 9.68. The highest BCUT2D eigenvalue weighted by atomic mass is 79.9. The molecule has 0 fully saturated rings. The van der Waals surface area contributed by atoms with Crippen LogP contribution in [0.1, 0.15) is 34.1 Å². The van der Waals surface area contributed by atoms with Crippen LogP contribution in [0.2, 0.25) is 0 Å². The maximum absolute atomic E-state index is 12.1. The van der Waals surface area contributed by atoms with Crippen LogP contribution in [0.4, 0.5) is 0 Å². The van der Waals surface area contributed by atoms with Crippen LogP contribution >= 0.6 is 7.26 Å². The van der Waals surface area contributed by atoms with E-state index in [9.17, 15) is 4.79 Å². The van der Waals surface area contributed by atoms with Crippen LogP contribution in [0.5, 0.6) is 0 Å². The maximum Gasteiger partial charge on any atom is 0.156 e. The van der Waals surface area contributed by atoms with E-state index in [-0.39, 0.29) is 34.1 Å². The first-order valence-corrected chi connectivity index (χ1v) is 14.4. The van der Waals surface area contributed by atoms with Crippen molar-refractivity contribution in [1.29, 1.82) is 0 Å². The average molecular weight is 560 g/mol. The molecule has 3 aromatic rings. The molecule has 3 heteroatoms. The summed E-state index contributed by atoms with van der Waals surface area (Å²) in [6, 6.07) is 33.0. The Balaban J connectivity index is 0.00000361. The van der Waals surface area contributed by atoms with Gasteiger partial charge in [0.05, 0.1) is 6.16 Å². The predicted octanol–water partition coefficient (Wildman–Crippen LogP) is 4.05. The molecule has 0 saturated carbocycles. The highest BCUT2D eigenvalue weighted by Gasteiger charge is 2.44. The molecule has 0 radical (unpaired) electrons. The fourth-order valence-corrected chi connectivity index (χ4v) is 9.52. The number of ketones is 1. The number of hydrogen-bond donors (Lipinski definition) is 0. The van der Waals surface area contributed by atoms with Gasteiger partial charge in [0.2, 0.25) is 0 Å². The van der Waals surface area contributed by atoms with Crippen molar-refractivity contribution in [2.45, 2.75) is 34.1 Å². The second-order valence-corrected chi connectivity index (χ2v) is 13.8. The van der Waals surface area contributed by atoms with Gasteiger partial charge in [0.15, 0.2) is 5.78 Å². The minimum Gasteiger partial charge on any atom is -1.00 e. The van der Waals surface area contributed by atoms with Crippen LogP contribution in [0, 0.1) is 11.3 Å². The Morgan fingerprint density at radius 3 is 1.72 bits per heavy atom. The molecule has 0 amide bonds. The second-order valence-electron chi connectivity index (χ2n) is 10.3. The van der Waals surface area contributed by atoms with Gasteiger partial charge in [-0.25, -0.2) is 0 Å². The Morgan fingerprint density at radius 1 is 0.861 bits per heavy atom. The minimum absolute atomic E-state index is 0. The number of carbonyl (C=O) groups is 1. The zero-order chi connectivity index (χ0) is 24.9. The Bertz CT molecular complexity index is 1140. The Labute approximate surface area is 228 Å². The van der Waals surface area contributed by atoms with Crippen molar-refractivity contribution < 1.29 is 21.8 Å². The average Bonchev–Trinajstić information content (AvgIpc) is 2.85. The zero-order valence-corrected chi connectivity index (χ0v) is 24.2. The van der Waals surface area contributed by atoms with Crippen molar-refractivity contribution in [2.24, 2.45) is 11.3 Å². The number of rotatable bonds is 7. The summed E-state index contributed by atoms with van der Waals surface area (Å²) in [5.41, 5.74) is 2.37. The van der Waals surface area contributed by atoms with Crippen molar-refractivity contribution >= 4 is 29.0 Å². The third kappa shape index (κ3) is 6.05. The van der Waals surface area contributed by atoms with E-state index in [4.69, 9.17) is 0 Å². The summed E-state index contributed by atoms with van der Waals surface area (Å²) in [7, 11) is -1.88.